The zero-order chi connectivity index (χ0) is 18.1. The minimum absolute atomic E-state index is 0.160. The summed E-state index contributed by atoms with van der Waals surface area (Å²) in [4.78, 5) is 12.6. The van der Waals surface area contributed by atoms with Gasteiger partial charge >= 0.3 is 0 Å². The molecule has 1 N–H and O–H groups in total. The summed E-state index contributed by atoms with van der Waals surface area (Å²) in [6.45, 7) is 3.37. The predicted molar refractivity (Wildman–Crippen MR) is 102 cm³/mol. The van der Waals surface area contributed by atoms with E-state index in [2.05, 4.69) is 15.9 Å². The predicted octanol–water partition coefficient (Wildman–Crippen LogP) is 5.58. The molecule has 2 aromatic carbocycles. The molecule has 4 nitrogen and oxygen atoms in total. The first kappa shape index (κ1) is 17.6. The molecule has 25 heavy (non-hydrogen) atoms. The number of hydrogen-bond donors (Lipinski definition) is 1. The Morgan fingerprint density at radius 2 is 1.48 bits per heavy atom. The van der Waals surface area contributed by atoms with Crippen LogP contribution in [-0.4, -0.2) is 9.94 Å². The Morgan fingerprint density at radius 3 is 2.04 bits per heavy atom. The van der Waals surface area contributed by atoms with E-state index in [9.17, 15) is 10.0 Å². The van der Waals surface area contributed by atoms with Crippen molar-refractivity contribution in [3.8, 4) is 22.6 Å². The SMILES string of the molecule is Cc1c(Br)c(=O)c(-c2ccc(Oc3ccc(Cl)cc3)cc2)c(C)n1O. The molecule has 0 atom stereocenters. The molecule has 0 saturated carbocycles. The monoisotopic (exact) mass is 419 g/mol. The summed E-state index contributed by atoms with van der Waals surface area (Å²) in [5.74, 6) is 1.31. The van der Waals surface area contributed by atoms with Gasteiger partial charge in [0.25, 0.3) is 0 Å². The highest BCUT2D eigenvalue weighted by Gasteiger charge is 2.16. The van der Waals surface area contributed by atoms with Gasteiger partial charge < -0.3 is 9.94 Å². The first-order valence-electron chi connectivity index (χ1n) is 7.53. The van der Waals surface area contributed by atoms with Gasteiger partial charge in [-0.2, -0.15) is 4.73 Å². The highest BCUT2D eigenvalue weighted by Crippen LogP contribution is 2.28. The van der Waals surface area contributed by atoms with Crippen LogP contribution in [0.3, 0.4) is 0 Å². The highest BCUT2D eigenvalue weighted by atomic mass is 79.9. The molecule has 1 heterocycles. The van der Waals surface area contributed by atoms with Gasteiger partial charge in [-0.05, 0) is 71.7 Å². The summed E-state index contributed by atoms with van der Waals surface area (Å²) in [6.07, 6.45) is 0. The van der Waals surface area contributed by atoms with Gasteiger partial charge in [0.2, 0.25) is 5.43 Å². The van der Waals surface area contributed by atoms with Crippen LogP contribution in [0.2, 0.25) is 5.02 Å². The van der Waals surface area contributed by atoms with Crippen LogP contribution < -0.4 is 10.2 Å². The Bertz CT molecular complexity index is 980. The highest BCUT2D eigenvalue weighted by molar-refractivity contribution is 9.10. The average molecular weight is 421 g/mol. The van der Waals surface area contributed by atoms with E-state index in [0.29, 0.717) is 43.5 Å². The minimum atomic E-state index is -0.160. The molecule has 0 radical (unpaired) electrons. The van der Waals surface area contributed by atoms with Crippen molar-refractivity contribution in [1.29, 1.82) is 0 Å². The number of pyridine rings is 1. The number of halogens is 2. The second kappa shape index (κ2) is 6.94. The molecule has 0 fully saturated rings. The number of ether oxygens (including phenoxy) is 1. The summed E-state index contributed by atoms with van der Waals surface area (Å²) in [5.41, 5.74) is 1.94. The fourth-order valence-electron chi connectivity index (χ4n) is 2.56. The smallest absolute Gasteiger partial charge is 0.204 e. The van der Waals surface area contributed by atoms with Crippen molar-refractivity contribution >= 4 is 27.5 Å². The Kier molecular flexibility index (Phi) is 4.88. The van der Waals surface area contributed by atoms with Gasteiger partial charge in [0, 0.05) is 5.02 Å². The molecular weight excluding hydrogens is 406 g/mol. The lowest BCUT2D eigenvalue weighted by atomic mass is 10.0. The average Bonchev–Trinajstić information content (AvgIpc) is 2.62. The van der Waals surface area contributed by atoms with E-state index in [-0.39, 0.29) is 5.43 Å². The summed E-state index contributed by atoms with van der Waals surface area (Å²) in [5, 5.41) is 10.8. The van der Waals surface area contributed by atoms with Crippen molar-refractivity contribution in [2.75, 3.05) is 0 Å². The Hall–Kier alpha value is -2.24. The second-order valence-electron chi connectivity index (χ2n) is 5.58. The maximum absolute atomic E-state index is 12.6. The molecule has 0 bridgehead atoms. The van der Waals surface area contributed by atoms with Gasteiger partial charge in [-0.25, -0.2) is 0 Å². The minimum Gasteiger partial charge on any atom is -0.457 e. The molecule has 3 aromatic rings. The third-order valence-corrected chi connectivity index (χ3v) is 5.12. The number of benzene rings is 2. The zero-order valence-electron chi connectivity index (χ0n) is 13.6. The molecule has 0 aliphatic heterocycles. The normalized spacial score (nSPS) is 10.7. The number of hydrogen-bond acceptors (Lipinski definition) is 3. The first-order chi connectivity index (χ1) is 11.9. The molecule has 3 rings (SSSR count). The lowest BCUT2D eigenvalue weighted by molar-refractivity contribution is 0.170. The third-order valence-electron chi connectivity index (χ3n) is 3.93. The van der Waals surface area contributed by atoms with Crippen LogP contribution in [0.1, 0.15) is 11.4 Å². The third kappa shape index (κ3) is 3.43. The van der Waals surface area contributed by atoms with Crippen LogP contribution in [0.5, 0.6) is 11.5 Å². The maximum atomic E-state index is 12.6. The fraction of sp³-hybridized carbons (Fsp3) is 0.105. The molecule has 1 aromatic heterocycles. The quantitative estimate of drug-likeness (QED) is 0.563. The molecule has 0 aliphatic carbocycles. The van der Waals surface area contributed by atoms with E-state index in [1.807, 2.05) is 0 Å². The van der Waals surface area contributed by atoms with Crippen molar-refractivity contribution in [1.82, 2.24) is 4.73 Å². The largest absolute Gasteiger partial charge is 0.457 e. The topological polar surface area (TPSA) is 51.5 Å². The summed E-state index contributed by atoms with van der Waals surface area (Å²) in [7, 11) is 0. The van der Waals surface area contributed by atoms with Crippen LogP contribution in [0.15, 0.2) is 57.8 Å². The molecule has 0 spiro atoms. The maximum Gasteiger partial charge on any atom is 0.204 e. The summed E-state index contributed by atoms with van der Waals surface area (Å²) >= 11 is 9.11. The van der Waals surface area contributed by atoms with Crippen molar-refractivity contribution in [3.05, 3.63) is 79.6 Å². The standard InChI is InChI=1S/C19H15BrClNO3/c1-11-17(19(23)18(20)12(2)22(11)24)13-3-7-15(8-4-13)25-16-9-5-14(21)6-10-16/h3-10,24H,1-2H3. The van der Waals surface area contributed by atoms with Gasteiger partial charge in [0.05, 0.1) is 21.4 Å². The Balaban J connectivity index is 1.96. The Morgan fingerprint density at radius 1 is 0.960 bits per heavy atom. The number of aromatic nitrogens is 1. The van der Waals surface area contributed by atoms with Crippen LogP contribution >= 0.6 is 27.5 Å². The van der Waals surface area contributed by atoms with Crippen LogP contribution in [0.25, 0.3) is 11.1 Å². The van der Waals surface area contributed by atoms with Gasteiger partial charge in [-0.1, -0.05) is 23.7 Å². The molecule has 0 aliphatic rings. The van der Waals surface area contributed by atoms with Gasteiger partial charge in [-0.15, -0.1) is 0 Å². The van der Waals surface area contributed by atoms with Crippen LogP contribution in [-0.2, 0) is 0 Å². The molecule has 0 unspecified atom stereocenters. The van der Waals surface area contributed by atoms with E-state index in [1.165, 1.54) is 0 Å². The van der Waals surface area contributed by atoms with E-state index in [0.717, 1.165) is 4.73 Å². The van der Waals surface area contributed by atoms with E-state index in [1.54, 1.807) is 62.4 Å². The Labute approximate surface area is 158 Å². The van der Waals surface area contributed by atoms with Crippen molar-refractivity contribution in [2.45, 2.75) is 13.8 Å². The van der Waals surface area contributed by atoms with Crippen molar-refractivity contribution in [3.63, 3.8) is 0 Å². The lowest BCUT2D eigenvalue weighted by Gasteiger charge is -2.14. The molecule has 6 heteroatoms. The lowest BCUT2D eigenvalue weighted by Crippen LogP contribution is -2.17. The fourth-order valence-corrected chi connectivity index (χ4v) is 3.05. The second-order valence-corrected chi connectivity index (χ2v) is 6.81. The zero-order valence-corrected chi connectivity index (χ0v) is 15.9. The van der Waals surface area contributed by atoms with Gasteiger partial charge in [-0.3, -0.25) is 4.79 Å². The molecule has 0 amide bonds. The summed E-state index contributed by atoms with van der Waals surface area (Å²) < 4.78 is 7.11. The van der Waals surface area contributed by atoms with Crippen molar-refractivity contribution < 1.29 is 9.94 Å². The van der Waals surface area contributed by atoms with Crippen LogP contribution in [0, 0.1) is 13.8 Å². The number of rotatable bonds is 3. The van der Waals surface area contributed by atoms with Crippen LogP contribution in [0.4, 0.5) is 0 Å². The molecule has 128 valence electrons. The van der Waals surface area contributed by atoms with Crippen molar-refractivity contribution in [2.24, 2.45) is 0 Å². The van der Waals surface area contributed by atoms with E-state index in [4.69, 9.17) is 16.3 Å². The van der Waals surface area contributed by atoms with E-state index < -0.39 is 0 Å². The first-order valence-corrected chi connectivity index (χ1v) is 8.70. The van der Waals surface area contributed by atoms with E-state index >= 15 is 0 Å². The van der Waals surface area contributed by atoms with Gasteiger partial charge in [0.1, 0.15) is 11.5 Å². The molecular formula is C19H15BrClNO3. The number of nitrogens with zero attached hydrogens (tertiary/aromatic N) is 1. The molecule has 0 saturated heterocycles. The summed E-state index contributed by atoms with van der Waals surface area (Å²) in [6, 6.07) is 14.2. The van der Waals surface area contributed by atoms with Gasteiger partial charge in [0.15, 0.2) is 0 Å².